The monoisotopic (exact) mass is 236 g/mol. The molecule has 0 aliphatic heterocycles. The van der Waals surface area contributed by atoms with Gasteiger partial charge in [-0.25, -0.2) is 0 Å². The van der Waals surface area contributed by atoms with E-state index in [4.69, 9.17) is 0 Å². The van der Waals surface area contributed by atoms with E-state index in [1.165, 1.54) is 32.1 Å². The molecule has 4 bridgehead atoms. The third kappa shape index (κ3) is 1.47. The Bertz CT molecular complexity index is 309. The zero-order valence-electron chi connectivity index (χ0n) is 11.7. The lowest BCUT2D eigenvalue weighted by atomic mass is 9.64. The van der Waals surface area contributed by atoms with Crippen molar-refractivity contribution in [3.63, 3.8) is 0 Å². The summed E-state index contributed by atoms with van der Waals surface area (Å²) >= 11 is 0. The highest BCUT2D eigenvalue weighted by Crippen LogP contribution is 2.71. The summed E-state index contributed by atoms with van der Waals surface area (Å²) in [6.45, 7) is 7.97. The van der Waals surface area contributed by atoms with Crippen molar-refractivity contribution in [3.8, 4) is 0 Å². The first-order chi connectivity index (χ1) is 8.00. The first-order valence-electron chi connectivity index (χ1n) is 7.61. The van der Waals surface area contributed by atoms with Crippen molar-refractivity contribution >= 4 is 0 Å². The van der Waals surface area contributed by atoms with Gasteiger partial charge in [0.2, 0.25) is 0 Å². The Morgan fingerprint density at radius 3 is 2.59 bits per heavy atom. The van der Waals surface area contributed by atoms with E-state index in [9.17, 15) is 5.11 Å². The fourth-order valence-electron chi connectivity index (χ4n) is 6.25. The molecule has 0 radical (unpaired) electrons. The zero-order chi connectivity index (χ0) is 12.3. The maximum Gasteiger partial charge on any atom is 0.0433 e. The van der Waals surface area contributed by atoms with Crippen LogP contribution in [0.5, 0.6) is 0 Å². The molecule has 98 valence electrons. The Morgan fingerprint density at radius 2 is 1.88 bits per heavy atom. The molecule has 5 atom stereocenters. The summed E-state index contributed by atoms with van der Waals surface area (Å²) in [4.78, 5) is 0. The Morgan fingerprint density at radius 1 is 1.12 bits per heavy atom. The van der Waals surface area contributed by atoms with E-state index in [-0.39, 0.29) is 0 Å². The van der Waals surface area contributed by atoms with Crippen LogP contribution in [0.1, 0.15) is 59.3 Å². The molecule has 0 spiro atoms. The molecule has 0 saturated heterocycles. The van der Waals surface area contributed by atoms with Crippen LogP contribution in [0.15, 0.2) is 0 Å². The molecule has 0 aromatic rings. The van der Waals surface area contributed by atoms with Crippen LogP contribution in [-0.2, 0) is 0 Å². The molecule has 3 saturated carbocycles. The summed E-state index contributed by atoms with van der Waals surface area (Å²) in [6, 6.07) is 0. The lowest BCUT2D eigenvalue weighted by Crippen LogP contribution is -2.34. The number of aliphatic hydroxyl groups is 1. The van der Waals surface area contributed by atoms with Crippen LogP contribution in [0.4, 0.5) is 0 Å². The molecule has 0 amide bonds. The molecule has 1 heteroatoms. The van der Waals surface area contributed by atoms with E-state index in [1.54, 1.807) is 0 Å². The predicted octanol–water partition coefficient (Wildman–Crippen LogP) is 3.86. The van der Waals surface area contributed by atoms with Crippen LogP contribution < -0.4 is 0 Å². The van der Waals surface area contributed by atoms with Crippen molar-refractivity contribution in [2.45, 2.75) is 59.3 Å². The molecular formula is C16H28O. The quantitative estimate of drug-likeness (QED) is 0.772. The molecule has 3 fully saturated rings. The average Bonchev–Trinajstić information content (AvgIpc) is 2.74. The van der Waals surface area contributed by atoms with Gasteiger partial charge in [0.25, 0.3) is 0 Å². The Balaban J connectivity index is 1.99. The Hall–Kier alpha value is -0.0400. The van der Waals surface area contributed by atoms with Gasteiger partial charge in [0.05, 0.1) is 0 Å². The number of rotatable bonds is 2. The molecule has 3 rings (SSSR count). The van der Waals surface area contributed by atoms with E-state index < -0.39 is 0 Å². The SMILES string of the molecule is CC1(C)CCC[C@@]2(C)[C@@H]3CC[C@@H]([C@@H]31)[C@@H]2CCO. The molecular weight excluding hydrogens is 208 g/mol. The van der Waals surface area contributed by atoms with Crippen molar-refractivity contribution in [1.29, 1.82) is 0 Å². The molecule has 17 heavy (non-hydrogen) atoms. The topological polar surface area (TPSA) is 20.2 Å². The minimum absolute atomic E-state index is 0.399. The van der Waals surface area contributed by atoms with Gasteiger partial charge in [0.1, 0.15) is 0 Å². The summed E-state index contributed by atoms with van der Waals surface area (Å²) in [5, 5.41) is 9.39. The molecule has 3 aliphatic rings. The molecule has 1 N–H and O–H groups in total. The highest BCUT2D eigenvalue weighted by atomic mass is 16.3. The van der Waals surface area contributed by atoms with E-state index in [0.717, 1.165) is 30.1 Å². The molecule has 1 nitrogen and oxygen atoms in total. The second-order valence-corrected chi connectivity index (χ2v) is 7.84. The summed E-state index contributed by atoms with van der Waals surface area (Å²) in [5.41, 5.74) is 1.11. The fourth-order valence-corrected chi connectivity index (χ4v) is 6.25. The van der Waals surface area contributed by atoms with Gasteiger partial charge < -0.3 is 5.11 Å². The number of aliphatic hydroxyl groups excluding tert-OH is 1. The van der Waals surface area contributed by atoms with Crippen LogP contribution in [0.25, 0.3) is 0 Å². The summed E-state index contributed by atoms with van der Waals surface area (Å²) in [5.74, 6) is 3.65. The van der Waals surface area contributed by atoms with Crippen LogP contribution in [0.2, 0.25) is 0 Å². The lowest BCUT2D eigenvalue weighted by Gasteiger charge is -2.41. The van der Waals surface area contributed by atoms with Gasteiger partial charge in [-0.2, -0.15) is 0 Å². The van der Waals surface area contributed by atoms with Crippen LogP contribution in [-0.4, -0.2) is 11.7 Å². The fraction of sp³-hybridized carbons (Fsp3) is 1.00. The minimum atomic E-state index is 0.399. The number of hydrogen-bond donors (Lipinski definition) is 1. The summed E-state index contributed by atoms with van der Waals surface area (Å²) in [7, 11) is 0. The average molecular weight is 236 g/mol. The third-order valence-corrected chi connectivity index (χ3v) is 6.80. The highest BCUT2D eigenvalue weighted by Gasteiger charge is 2.64. The standard InChI is InChI=1S/C16H28O/c1-15(2)8-4-9-16(3)12(7-10-17)11-5-6-13(16)14(11)15/h11-14,17H,4-10H2,1-3H3/t11-,12+,13-,14+,16-/m1/s1. The summed E-state index contributed by atoms with van der Waals surface area (Å²) < 4.78 is 0. The van der Waals surface area contributed by atoms with E-state index in [2.05, 4.69) is 20.8 Å². The molecule has 3 aliphatic carbocycles. The Labute approximate surface area is 106 Å². The third-order valence-electron chi connectivity index (χ3n) is 6.80. The smallest absolute Gasteiger partial charge is 0.0433 e. The van der Waals surface area contributed by atoms with Crippen LogP contribution >= 0.6 is 0 Å². The van der Waals surface area contributed by atoms with Gasteiger partial charge in [-0.05, 0) is 66.6 Å². The first kappa shape index (κ1) is 12.0. The zero-order valence-corrected chi connectivity index (χ0v) is 11.7. The minimum Gasteiger partial charge on any atom is -0.396 e. The van der Waals surface area contributed by atoms with Crippen LogP contribution in [0, 0.1) is 34.5 Å². The van der Waals surface area contributed by atoms with Crippen molar-refractivity contribution in [3.05, 3.63) is 0 Å². The molecule has 0 aromatic heterocycles. The second kappa shape index (κ2) is 3.73. The van der Waals surface area contributed by atoms with Gasteiger partial charge >= 0.3 is 0 Å². The molecule has 0 heterocycles. The lowest BCUT2D eigenvalue weighted by molar-refractivity contribution is 0.0636. The maximum absolute atomic E-state index is 9.39. The van der Waals surface area contributed by atoms with Crippen LogP contribution in [0.3, 0.4) is 0 Å². The Kier molecular flexibility index (Phi) is 2.63. The summed E-state index contributed by atoms with van der Waals surface area (Å²) in [6.07, 6.45) is 8.22. The molecule has 0 aromatic carbocycles. The first-order valence-corrected chi connectivity index (χ1v) is 7.61. The highest BCUT2D eigenvalue weighted by molar-refractivity contribution is 5.12. The van der Waals surface area contributed by atoms with Gasteiger partial charge in [-0.1, -0.05) is 27.2 Å². The largest absolute Gasteiger partial charge is 0.396 e. The van der Waals surface area contributed by atoms with Gasteiger partial charge in [-0.3, -0.25) is 0 Å². The second-order valence-electron chi connectivity index (χ2n) is 7.84. The van der Waals surface area contributed by atoms with Crippen molar-refractivity contribution < 1.29 is 5.11 Å². The maximum atomic E-state index is 9.39. The van der Waals surface area contributed by atoms with E-state index in [0.29, 0.717) is 17.4 Å². The predicted molar refractivity (Wildman–Crippen MR) is 70.6 cm³/mol. The normalized spacial score (nSPS) is 51.5. The number of hydrogen-bond acceptors (Lipinski definition) is 1. The molecule has 0 unspecified atom stereocenters. The van der Waals surface area contributed by atoms with E-state index >= 15 is 0 Å². The van der Waals surface area contributed by atoms with E-state index in [1.807, 2.05) is 0 Å². The van der Waals surface area contributed by atoms with Gasteiger partial charge in [0, 0.05) is 6.61 Å². The van der Waals surface area contributed by atoms with Crippen molar-refractivity contribution in [1.82, 2.24) is 0 Å². The van der Waals surface area contributed by atoms with Gasteiger partial charge in [-0.15, -0.1) is 0 Å². The van der Waals surface area contributed by atoms with Crippen molar-refractivity contribution in [2.75, 3.05) is 6.61 Å². The van der Waals surface area contributed by atoms with Gasteiger partial charge in [0.15, 0.2) is 0 Å². The van der Waals surface area contributed by atoms with Crippen molar-refractivity contribution in [2.24, 2.45) is 34.5 Å².